The fourth-order valence-electron chi connectivity index (χ4n) is 4.77. The number of carbonyl (C=O) groups excluding carboxylic acids is 2. The number of rotatable bonds is 4. The van der Waals surface area contributed by atoms with Gasteiger partial charge in [-0.15, -0.1) is 10.2 Å². The summed E-state index contributed by atoms with van der Waals surface area (Å²) >= 11 is 5.97. The Balaban J connectivity index is 1.51. The average molecular weight is 578 g/mol. The van der Waals surface area contributed by atoms with Gasteiger partial charge in [0.15, 0.2) is 9.84 Å². The molecule has 5 rings (SSSR count). The minimum absolute atomic E-state index is 0.0227. The summed E-state index contributed by atoms with van der Waals surface area (Å²) in [4.78, 5) is 27.4. The summed E-state index contributed by atoms with van der Waals surface area (Å²) in [6, 6.07) is 7.42. The smallest absolute Gasteiger partial charge is 0.409 e. The number of benzene rings is 2. The predicted molar refractivity (Wildman–Crippen MR) is 138 cm³/mol. The fourth-order valence-corrected chi connectivity index (χ4v) is 6.46. The summed E-state index contributed by atoms with van der Waals surface area (Å²) in [5, 5.41) is 8.57. The van der Waals surface area contributed by atoms with Gasteiger partial charge in [0.1, 0.15) is 5.82 Å². The fraction of sp³-hybridized carbons (Fsp3) is 0.360. The lowest BCUT2D eigenvalue weighted by atomic mass is 9.97. The predicted octanol–water partition coefficient (Wildman–Crippen LogP) is 3.12. The van der Waals surface area contributed by atoms with Crippen LogP contribution in [0.15, 0.2) is 45.7 Å². The van der Waals surface area contributed by atoms with Gasteiger partial charge in [-0.1, -0.05) is 23.7 Å². The van der Waals surface area contributed by atoms with E-state index in [4.69, 9.17) is 26.5 Å². The summed E-state index contributed by atoms with van der Waals surface area (Å²) in [5.74, 6) is -2.24. The Morgan fingerprint density at radius 1 is 1.21 bits per heavy atom. The summed E-state index contributed by atoms with van der Waals surface area (Å²) in [7, 11) is -2.78. The Bertz CT molecular complexity index is 1520. The summed E-state index contributed by atoms with van der Waals surface area (Å²) < 4.78 is 52.1. The van der Waals surface area contributed by atoms with E-state index in [9.17, 15) is 18.0 Å². The first-order valence-electron chi connectivity index (χ1n) is 12.1. The van der Waals surface area contributed by atoms with Crippen molar-refractivity contribution in [2.45, 2.75) is 36.2 Å². The molecule has 3 aromatic rings. The van der Waals surface area contributed by atoms with E-state index in [1.165, 1.54) is 18.1 Å². The van der Waals surface area contributed by atoms with E-state index in [-0.39, 0.29) is 40.4 Å². The number of anilines is 1. The van der Waals surface area contributed by atoms with Crippen LogP contribution in [0.3, 0.4) is 0 Å². The molecule has 2 aromatic carbocycles. The number of fused-ring (bicyclic) bond motifs is 1. The monoisotopic (exact) mass is 577 g/mol. The van der Waals surface area contributed by atoms with Crippen molar-refractivity contribution in [2.75, 3.05) is 30.9 Å². The van der Waals surface area contributed by atoms with Crippen molar-refractivity contribution in [3.63, 3.8) is 0 Å². The molecule has 0 unspecified atom stereocenters. The second-order valence-corrected chi connectivity index (χ2v) is 11.9. The quantitative estimate of drug-likeness (QED) is 0.493. The maximum absolute atomic E-state index is 15.4. The molecular formula is C25H25ClFN5O6S. The normalized spacial score (nSPS) is 19.5. The number of sulfone groups is 1. The first-order chi connectivity index (χ1) is 18.6. The molecule has 1 aromatic heterocycles. The van der Waals surface area contributed by atoms with Crippen LogP contribution in [-0.2, 0) is 25.9 Å². The van der Waals surface area contributed by atoms with Crippen LogP contribution in [0.5, 0.6) is 0 Å². The van der Waals surface area contributed by atoms with Gasteiger partial charge >= 0.3 is 6.09 Å². The molecule has 2 aliphatic heterocycles. The number of halogens is 2. The highest BCUT2D eigenvalue weighted by atomic mass is 35.5. The van der Waals surface area contributed by atoms with Crippen LogP contribution in [0.1, 0.15) is 30.2 Å². The standard InChI is InChI=1S/C25H25ClFN5O6S/c1-37-25(34)31-8-6-15(7-9-31)22-29-30-23(38-22)17-10-20-21(11-18(17)27)39(35,36)13-19(28)24(33)32(20)12-14-2-4-16(26)5-3-14/h2-5,10-11,15,19H,6-9,12-13,28H2,1H3/t19-/m0/s1. The number of methoxy groups -OCH3 is 1. The van der Waals surface area contributed by atoms with Crippen LogP contribution in [0, 0.1) is 5.82 Å². The molecule has 3 heterocycles. The van der Waals surface area contributed by atoms with E-state index < -0.39 is 39.4 Å². The van der Waals surface area contributed by atoms with Crippen LogP contribution < -0.4 is 10.6 Å². The third-order valence-corrected chi connectivity index (χ3v) is 8.91. The maximum Gasteiger partial charge on any atom is 0.409 e. The van der Waals surface area contributed by atoms with Gasteiger partial charge in [0.05, 0.1) is 41.6 Å². The van der Waals surface area contributed by atoms with Crippen molar-refractivity contribution in [1.29, 1.82) is 0 Å². The molecule has 2 aliphatic rings. The number of aromatic nitrogens is 2. The number of likely N-dealkylation sites (tertiary alicyclic amines) is 1. The zero-order chi connectivity index (χ0) is 27.9. The zero-order valence-corrected chi connectivity index (χ0v) is 22.4. The lowest BCUT2D eigenvalue weighted by molar-refractivity contribution is -0.119. The second kappa shape index (κ2) is 10.5. The van der Waals surface area contributed by atoms with E-state index in [1.54, 1.807) is 29.2 Å². The molecule has 0 spiro atoms. The topological polar surface area (TPSA) is 149 Å². The van der Waals surface area contributed by atoms with Crippen LogP contribution in [0.25, 0.3) is 11.5 Å². The first kappa shape index (κ1) is 27.0. The molecule has 14 heteroatoms. The molecule has 0 radical (unpaired) electrons. The molecule has 0 bridgehead atoms. The molecule has 0 aliphatic carbocycles. The Kier molecular flexibility index (Phi) is 7.31. The molecule has 1 saturated heterocycles. The van der Waals surface area contributed by atoms with Crippen LogP contribution in [0.4, 0.5) is 14.9 Å². The molecule has 39 heavy (non-hydrogen) atoms. The van der Waals surface area contributed by atoms with Crippen molar-refractivity contribution in [3.05, 3.63) is 58.7 Å². The Morgan fingerprint density at radius 2 is 1.90 bits per heavy atom. The summed E-state index contributed by atoms with van der Waals surface area (Å²) in [6.45, 7) is 0.843. The number of nitrogens with zero attached hydrogens (tertiary/aromatic N) is 4. The van der Waals surface area contributed by atoms with Gasteiger partial charge in [-0.25, -0.2) is 17.6 Å². The van der Waals surface area contributed by atoms with E-state index in [1.807, 2.05) is 0 Å². The van der Waals surface area contributed by atoms with Crippen molar-refractivity contribution in [3.8, 4) is 11.5 Å². The molecule has 206 valence electrons. The van der Waals surface area contributed by atoms with Crippen LogP contribution >= 0.6 is 11.6 Å². The van der Waals surface area contributed by atoms with Crippen LogP contribution in [-0.4, -0.2) is 67.5 Å². The third-order valence-electron chi connectivity index (χ3n) is 6.86. The number of hydrogen-bond donors (Lipinski definition) is 1. The largest absolute Gasteiger partial charge is 0.453 e. The van der Waals surface area contributed by atoms with E-state index in [2.05, 4.69) is 10.2 Å². The third kappa shape index (κ3) is 5.34. The van der Waals surface area contributed by atoms with Crippen molar-refractivity contribution in [1.82, 2.24) is 15.1 Å². The molecule has 1 fully saturated rings. The van der Waals surface area contributed by atoms with Gasteiger partial charge in [-0.3, -0.25) is 4.79 Å². The first-order valence-corrected chi connectivity index (χ1v) is 14.1. The second-order valence-electron chi connectivity index (χ2n) is 9.42. The van der Waals surface area contributed by atoms with Gasteiger partial charge in [0, 0.05) is 24.0 Å². The van der Waals surface area contributed by atoms with Gasteiger partial charge < -0.3 is 24.7 Å². The number of ether oxygens (including phenoxy) is 1. The number of piperidine rings is 1. The van der Waals surface area contributed by atoms with E-state index in [0.29, 0.717) is 36.5 Å². The van der Waals surface area contributed by atoms with Gasteiger partial charge in [-0.05, 0) is 42.7 Å². The lowest BCUT2D eigenvalue weighted by Crippen LogP contribution is -2.45. The molecule has 2 amide bonds. The van der Waals surface area contributed by atoms with Gasteiger partial charge in [0.25, 0.3) is 5.89 Å². The van der Waals surface area contributed by atoms with E-state index >= 15 is 4.39 Å². The summed E-state index contributed by atoms with van der Waals surface area (Å²) in [5.41, 5.74) is 6.42. The Morgan fingerprint density at radius 3 is 2.56 bits per heavy atom. The van der Waals surface area contributed by atoms with Crippen molar-refractivity contribution in [2.24, 2.45) is 5.73 Å². The Labute approximate surface area is 228 Å². The maximum atomic E-state index is 15.4. The zero-order valence-electron chi connectivity index (χ0n) is 20.8. The minimum Gasteiger partial charge on any atom is -0.453 e. The lowest BCUT2D eigenvalue weighted by Gasteiger charge is -2.29. The molecule has 1 atom stereocenters. The molecule has 11 nitrogen and oxygen atoms in total. The number of nitrogens with two attached hydrogens (primary N) is 1. The highest BCUT2D eigenvalue weighted by Crippen LogP contribution is 2.38. The molecular weight excluding hydrogens is 553 g/mol. The highest BCUT2D eigenvalue weighted by Gasteiger charge is 2.38. The minimum atomic E-state index is -4.10. The number of amides is 2. The highest BCUT2D eigenvalue weighted by molar-refractivity contribution is 7.91. The van der Waals surface area contributed by atoms with Gasteiger partial charge in [0.2, 0.25) is 11.8 Å². The number of carbonyl (C=O) groups is 2. The summed E-state index contributed by atoms with van der Waals surface area (Å²) in [6.07, 6.45) is 0.672. The van der Waals surface area contributed by atoms with E-state index in [0.717, 1.165) is 6.07 Å². The van der Waals surface area contributed by atoms with Gasteiger partial charge in [-0.2, -0.15) is 0 Å². The average Bonchev–Trinajstić information content (AvgIpc) is 3.39. The number of hydrogen-bond acceptors (Lipinski definition) is 9. The SMILES string of the molecule is COC(=O)N1CCC(c2nnc(-c3cc4c(cc3F)S(=O)(=O)C[C@H](N)C(=O)N4Cc3ccc(Cl)cc3)o2)CC1. The molecule has 2 N–H and O–H groups in total. The van der Waals surface area contributed by atoms with Crippen molar-refractivity contribution < 1.29 is 31.6 Å². The molecule has 0 saturated carbocycles. The van der Waals surface area contributed by atoms with Crippen LogP contribution in [0.2, 0.25) is 5.02 Å². The Hall–Kier alpha value is -3.55. The van der Waals surface area contributed by atoms with Crippen molar-refractivity contribution >= 4 is 39.1 Å².